The van der Waals surface area contributed by atoms with Crippen LogP contribution >= 0.6 is 23.5 Å². The summed E-state index contributed by atoms with van der Waals surface area (Å²) >= 11 is 3.78. The number of anilines is 6. The second-order valence-corrected chi connectivity index (χ2v) is 19.4. The highest BCUT2D eigenvalue weighted by molar-refractivity contribution is 8.00. The van der Waals surface area contributed by atoms with Gasteiger partial charge in [-0.05, 0) is 137 Å². The van der Waals surface area contributed by atoms with E-state index in [0.717, 1.165) is 11.4 Å². The van der Waals surface area contributed by atoms with E-state index in [0.29, 0.717) is 0 Å². The van der Waals surface area contributed by atoms with Gasteiger partial charge in [-0.3, -0.25) is 0 Å². The molecule has 0 saturated carbocycles. The monoisotopic (exact) mass is 874 g/mol. The minimum Gasteiger partial charge on any atom is -0.308 e. The molecule has 0 N–H and O–H groups in total. The molecule has 0 atom stereocenters. The maximum atomic E-state index is 2.49. The minimum atomic E-state index is 1.15. The maximum Gasteiger partial charge on any atom is 0.0608 e. The van der Waals surface area contributed by atoms with E-state index < -0.39 is 0 Å². The molecule has 12 aromatic rings. The van der Waals surface area contributed by atoms with Crippen molar-refractivity contribution >= 4 is 112 Å². The molecule has 0 spiro atoms. The lowest BCUT2D eigenvalue weighted by atomic mass is 9.94. The van der Waals surface area contributed by atoms with Crippen LogP contribution in [-0.2, 0) is 0 Å². The van der Waals surface area contributed by atoms with Crippen molar-refractivity contribution in [1.82, 2.24) is 0 Å². The molecule has 14 rings (SSSR count). The van der Waals surface area contributed by atoms with Gasteiger partial charge in [0.05, 0.1) is 22.7 Å². The number of hydrogen-bond donors (Lipinski definition) is 0. The average Bonchev–Trinajstić information content (AvgIpc) is 3.39. The molecule has 2 nitrogen and oxygen atoms in total. The zero-order valence-electron chi connectivity index (χ0n) is 35.7. The summed E-state index contributed by atoms with van der Waals surface area (Å²) in [5.74, 6) is 0. The molecule has 0 bridgehead atoms. The van der Waals surface area contributed by atoms with Gasteiger partial charge in [0.25, 0.3) is 0 Å². The van der Waals surface area contributed by atoms with Crippen LogP contribution < -0.4 is 9.80 Å². The van der Waals surface area contributed by atoms with Gasteiger partial charge in [-0.1, -0.05) is 193 Å². The third-order valence-electron chi connectivity index (χ3n) is 13.6. The predicted molar refractivity (Wildman–Crippen MR) is 282 cm³/mol. The van der Waals surface area contributed by atoms with E-state index in [1.165, 1.54) is 118 Å². The van der Waals surface area contributed by atoms with Crippen LogP contribution in [0.3, 0.4) is 0 Å². The van der Waals surface area contributed by atoms with Crippen molar-refractivity contribution in [3.8, 4) is 22.3 Å². The van der Waals surface area contributed by atoms with Crippen molar-refractivity contribution in [2.24, 2.45) is 0 Å². The van der Waals surface area contributed by atoms with Gasteiger partial charge < -0.3 is 9.80 Å². The first-order valence-corrected chi connectivity index (χ1v) is 24.1. The van der Waals surface area contributed by atoms with E-state index in [9.17, 15) is 0 Å². The number of benzene rings is 12. The Morgan fingerprint density at radius 3 is 1.23 bits per heavy atom. The molecule has 0 saturated heterocycles. The largest absolute Gasteiger partial charge is 0.308 e. The summed E-state index contributed by atoms with van der Waals surface area (Å²) < 4.78 is 0. The van der Waals surface area contributed by atoms with E-state index in [4.69, 9.17) is 0 Å². The maximum absolute atomic E-state index is 2.49. The smallest absolute Gasteiger partial charge is 0.0608 e. The Labute approximate surface area is 391 Å². The van der Waals surface area contributed by atoms with Crippen LogP contribution in [0.25, 0.3) is 76.1 Å². The van der Waals surface area contributed by atoms with Crippen molar-refractivity contribution in [2.45, 2.75) is 19.6 Å². The zero-order valence-corrected chi connectivity index (χ0v) is 37.3. The molecule has 0 radical (unpaired) electrons. The Hall–Kier alpha value is -7.76. The lowest BCUT2D eigenvalue weighted by Gasteiger charge is -2.35. The second-order valence-electron chi connectivity index (χ2n) is 17.2. The number of nitrogens with zero attached hydrogens (tertiary/aromatic N) is 2. The lowest BCUT2D eigenvalue weighted by molar-refractivity contribution is 1.17. The lowest BCUT2D eigenvalue weighted by Crippen LogP contribution is -2.15. The van der Waals surface area contributed by atoms with Crippen molar-refractivity contribution < 1.29 is 0 Å². The molecule has 12 aromatic carbocycles. The SMILES string of the molecule is c1ccc(-c2cccc(N3c4ccc(-c5ccc6c(c5)Sc5c(ccc7ccccc57)N6c5ccc6c7ccccc7c7ccccc7c6c5)cc4Sc4c3ccc3ccccc43)c2)cc1. The van der Waals surface area contributed by atoms with E-state index >= 15 is 0 Å². The summed E-state index contributed by atoms with van der Waals surface area (Å²) in [4.78, 5) is 9.98. The minimum absolute atomic E-state index is 1.15. The molecule has 0 aliphatic carbocycles. The molecule has 66 heavy (non-hydrogen) atoms. The highest BCUT2D eigenvalue weighted by Crippen LogP contribution is 2.57. The molecule has 4 heteroatoms. The van der Waals surface area contributed by atoms with Crippen molar-refractivity contribution in [1.29, 1.82) is 0 Å². The second kappa shape index (κ2) is 14.9. The van der Waals surface area contributed by atoms with Gasteiger partial charge in [0.15, 0.2) is 0 Å². The summed E-state index contributed by atoms with van der Waals surface area (Å²) in [5.41, 5.74) is 11.9. The predicted octanol–water partition coefficient (Wildman–Crippen LogP) is 18.7. The summed E-state index contributed by atoms with van der Waals surface area (Å²) in [6.07, 6.45) is 0. The summed E-state index contributed by atoms with van der Waals surface area (Å²) in [7, 11) is 0. The molecule has 2 aliphatic rings. The topological polar surface area (TPSA) is 6.48 Å². The van der Waals surface area contributed by atoms with Gasteiger partial charge in [-0.2, -0.15) is 0 Å². The highest BCUT2D eigenvalue weighted by atomic mass is 32.2. The highest BCUT2D eigenvalue weighted by Gasteiger charge is 2.30. The Balaban J connectivity index is 0.925. The third kappa shape index (κ3) is 5.85. The van der Waals surface area contributed by atoms with Gasteiger partial charge in [-0.25, -0.2) is 0 Å². The van der Waals surface area contributed by atoms with Crippen molar-refractivity contribution in [3.63, 3.8) is 0 Å². The molecular weight excluding hydrogens is 837 g/mol. The van der Waals surface area contributed by atoms with Crippen LogP contribution in [-0.4, -0.2) is 0 Å². The van der Waals surface area contributed by atoms with Crippen LogP contribution in [0.2, 0.25) is 0 Å². The van der Waals surface area contributed by atoms with Gasteiger partial charge in [-0.15, -0.1) is 0 Å². The number of hydrogen-bond acceptors (Lipinski definition) is 4. The Kier molecular flexibility index (Phi) is 8.49. The molecule has 0 aromatic heterocycles. The Bertz CT molecular complexity index is 3940. The number of rotatable bonds is 4. The zero-order chi connectivity index (χ0) is 43.3. The van der Waals surface area contributed by atoms with Gasteiger partial charge in [0, 0.05) is 31.0 Å². The molecule has 0 fully saturated rings. The number of fused-ring (bicyclic) bond motifs is 14. The van der Waals surface area contributed by atoms with Crippen LogP contribution in [0.5, 0.6) is 0 Å². The fourth-order valence-electron chi connectivity index (χ4n) is 10.5. The quantitative estimate of drug-likeness (QED) is 0.162. The first-order valence-electron chi connectivity index (χ1n) is 22.5. The Morgan fingerprint density at radius 2 is 0.667 bits per heavy atom. The molecule has 2 heterocycles. The van der Waals surface area contributed by atoms with Crippen molar-refractivity contribution in [2.75, 3.05) is 9.80 Å². The molecule has 308 valence electrons. The van der Waals surface area contributed by atoms with E-state index in [1.807, 2.05) is 23.5 Å². The molecule has 0 unspecified atom stereocenters. The summed E-state index contributed by atoms with van der Waals surface area (Å²) in [5, 5.41) is 12.7. The van der Waals surface area contributed by atoms with Crippen LogP contribution in [0.1, 0.15) is 0 Å². The first kappa shape index (κ1) is 37.6. The van der Waals surface area contributed by atoms with Crippen LogP contribution in [0.4, 0.5) is 34.1 Å². The molecular formula is C62H38N2S2. The van der Waals surface area contributed by atoms with Crippen LogP contribution in [0.15, 0.2) is 250 Å². The fourth-order valence-corrected chi connectivity index (χ4v) is 12.9. The Morgan fingerprint density at radius 1 is 0.242 bits per heavy atom. The fraction of sp³-hybridized carbons (Fsp3) is 0. The van der Waals surface area contributed by atoms with Gasteiger partial charge >= 0.3 is 0 Å². The standard InChI is InChI=1S/C62H38N2S2/c1-2-13-39(14-3-1)42-17-12-18-45(35-42)63-55-31-27-43(36-59(55)65-61-47-19-6-4-15-40(47)25-33-57(61)63)44-28-32-56-60(37-44)66-62-48-20-7-5-16-41(48)26-34-58(62)64(56)46-29-30-53-51-23-9-8-21-49(51)50-22-10-11-24-52(50)54(53)38-46/h1-38H. The van der Waals surface area contributed by atoms with Gasteiger partial charge in [0.1, 0.15) is 0 Å². The van der Waals surface area contributed by atoms with Crippen molar-refractivity contribution in [3.05, 3.63) is 231 Å². The van der Waals surface area contributed by atoms with E-state index in [2.05, 4.69) is 240 Å². The van der Waals surface area contributed by atoms with E-state index in [-0.39, 0.29) is 0 Å². The third-order valence-corrected chi connectivity index (χ3v) is 15.9. The average molecular weight is 875 g/mol. The summed E-state index contributed by atoms with van der Waals surface area (Å²) in [6, 6.07) is 85.3. The van der Waals surface area contributed by atoms with Gasteiger partial charge in [0.2, 0.25) is 0 Å². The molecule has 2 aliphatic heterocycles. The molecule has 0 amide bonds. The summed E-state index contributed by atoms with van der Waals surface area (Å²) in [6.45, 7) is 0. The van der Waals surface area contributed by atoms with Crippen LogP contribution in [0, 0.1) is 0 Å². The normalized spacial score (nSPS) is 13.0. The first-order chi connectivity index (χ1) is 32.7. The van der Waals surface area contributed by atoms with E-state index in [1.54, 1.807) is 0 Å².